The third kappa shape index (κ3) is 16.5. The molecule has 0 aliphatic carbocycles. The Morgan fingerprint density at radius 2 is 0.939 bits per heavy atom. The van der Waals surface area contributed by atoms with Crippen molar-refractivity contribution in [1.82, 2.24) is 0 Å². The smallest absolute Gasteiger partial charge is 0.309 e. The Morgan fingerprint density at radius 1 is 0.592 bits per heavy atom. The van der Waals surface area contributed by atoms with E-state index in [1.807, 2.05) is 83.1 Å². The predicted molar refractivity (Wildman–Crippen MR) is 184 cm³/mol. The Labute approximate surface area is 293 Å². The average Bonchev–Trinajstić information content (AvgIpc) is 2.92. The summed E-state index contributed by atoms with van der Waals surface area (Å²) in [5.41, 5.74) is -1.88. The van der Waals surface area contributed by atoms with Crippen LogP contribution in [0.3, 0.4) is 0 Å². The molecule has 11 heteroatoms. The van der Waals surface area contributed by atoms with E-state index in [0.717, 1.165) is 6.29 Å². The summed E-state index contributed by atoms with van der Waals surface area (Å²) in [4.78, 5) is 78.3. The predicted octanol–water partition coefficient (Wildman–Crippen LogP) is 6.68. The van der Waals surface area contributed by atoms with Gasteiger partial charge in [-0.25, -0.2) is 0 Å². The summed E-state index contributed by atoms with van der Waals surface area (Å²) in [7, 11) is 0. The fourth-order valence-electron chi connectivity index (χ4n) is 6.42. The second-order valence-electron chi connectivity index (χ2n) is 18.3. The van der Waals surface area contributed by atoms with Crippen LogP contribution in [0, 0.1) is 57.2 Å². The molecule has 1 aliphatic heterocycles. The van der Waals surface area contributed by atoms with Crippen LogP contribution in [0.5, 0.6) is 0 Å². The van der Waals surface area contributed by atoms with Crippen molar-refractivity contribution in [2.24, 2.45) is 57.2 Å². The fourth-order valence-corrected chi connectivity index (χ4v) is 6.42. The molecule has 0 amide bonds. The average molecular weight is 697 g/mol. The van der Waals surface area contributed by atoms with Crippen LogP contribution in [0.4, 0.5) is 0 Å². The van der Waals surface area contributed by atoms with Crippen molar-refractivity contribution < 1.29 is 52.8 Å². The lowest BCUT2D eigenvalue weighted by molar-refractivity contribution is -0.164. The molecule has 1 rings (SSSR count). The van der Waals surface area contributed by atoms with Gasteiger partial charge < -0.3 is 28.8 Å². The molecule has 282 valence electrons. The summed E-state index contributed by atoms with van der Waals surface area (Å²) < 4.78 is 22.2. The van der Waals surface area contributed by atoms with Gasteiger partial charge in [-0.05, 0) is 60.2 Å². The topological polar surface area (TPSA) is 160 Å². The van der Waals surface area contributed by atoms with Gasteiger partial charge in [0.05, 0.1) is 29.6 Å². The van der Waals surface area contributed by atoms with Gasteiger partial charge in [0.25, 0.3) is 0 Å². The van der Waals surface area contributed by atoms with Crippen LogP contribution in [0.15, 0.2) is 0 Å². The summed E-state index contributed by atoms with van der Waals surface area (Å²) in [5.74, 6) is -8.09. The molecular weight excluding hydrogens is 632 g/mol. The highest BCUT2D eigenvalue weighted by molar-refractivity contribution is 5.78. The third-order valence-electron chi connectivity index (χ3n) is 8.94. The van der Waals surface area contributed by atoms with Gasteiger partial charge >= 0.3 is 29.8 Å². The zero-order chi connectivity index (χ0) is 38.0. The molecule has 0 aromatic heterocycles. The van der Waals surface area contributed by atoms with Crippen molar-refractivity contribution in [3.05, 3.63) is 0 Å². The number of aliphatic carboxylic acids is 1. The summed E-state index contributed by atoms with van der Waals surface area (Å²) in [6, 6.07) is 0. The Kier molecular flexibility index (Phi) is 16.5. The van der Waals surface area contributed by atoms with Gasteiger partial charge in [0.1, 0.15) is 32.7 Å². The van der Waals surface area contributed by atoms with E-state index in [1.54, 1.807) is 0 Å². The lowest BCUT2D eigenvalue weighted by Crippen LogP contribution is -2.37. The summed E-state index contributed by atoms with van der Waals surface area (Å²) in [6.45, 7) is 21.9. The van der Waals surface area contributed by atoms with E-state index in [0.29, 0.717) is 12.8 Å². The molecule has 1 saturated heterocycles. The monoisotopic (exact) mass is 696 g/mol. The van der Waals surface area contributed by atoms with Crippen LogP contribution in [0.25, 0.3) is 0 Å². The molecule has 0 aromatic rings. The van der Waals surface area contributed by atoms with Crippen molar-refractivity contribution in [1.29, 1.82) is 0 Å². The lowest BCUT2D eigenvalue weighted by atomic mass is 9.73. The maximum absolute atomic E-state index is 13.4. The molecule has 0 radical (unpaired) electrons. The number of carboxylic acids is 1. The molecule has 0 bridgehead atoms. The van der Waals surface area contributed by atoms with Gasteiger partial charge in [0.15, 0.2) is 0 Å². The van der Waals surface area contributed by atoms with Gasteiger partial charge in [-0.2, -0.15) is 0 Å². The van der Waals surface area contributed by atoms with Gasteiger partial charge in [-0.3, -0.25) is 24.0 Å². The molecule has 1 N–H and O–H groups in total. The molecule has 6 unspecified atom stereocenters. The second-order valence-corrected chi connectivity index (χ2v) is 18.3. The lowest BCUT2D eigenvalue weighted by Gasteiger charge is -2.33. The van der Waals surface area contributed by atoms with Gasteiger partial charge in [0.2, 0.25) is 0 Å². The number of rotatable bonds is 4. The van der Waals surface area contributed by atoms with Gasteiger partial charge in [-0.1, -0.05) is 83.1 Å². The van der Waals surface area contributed by atoms with Crippen LogP contribution >= 0.6 is 0 Å². The van der Waals surface area contributed by atoms with E-state index in [2.05, 4.69) is 0 Å². The Balaban J connectivity index is 3.50. The molecule has 11 nitrogen and oxygen atoms in total. The van der Waals surface area contributed by atoms with Crippen LogP contribution in [-0.2, 0) is 47.7 Å². The normalized spacial score (nSPS) is 27.3. The van der Waals surface area contributed by atoms with Crippen molar-refractivity contribution in [3.63, 3.8) is 0 Å². The maximum atomic E-state index is 13.4. The first-order valence-corrected chi connectivity index (χ1v) is 17.6. The first kappa shape index (κ1) is 44.0. The van der Waals surface area contributed by atoms with E-state index in [9.17, 15) is 33.9 Å². The molecule has 6 atom stereocenters. The highest BCUT2D eigenvalue weighted by Gasteiger charge is 2.40. The van der Waals surface area contributed by atoms with E-state index >= 15 is 0 Å². The number of cyclic esters (lactones) is 4. The number of carbonyl (C=O) groups is 6. The largest absolute Gasteiger partial charge is 0.481 e. The Hall–Kier alpha value is -2.98. The zero-order valence-electron chi connectivity index (χ0n) is 32.1. The Bertz CT molecular complexity index is 1130. The van der Waals surface area contributed by atoms with Crippen molar-refractivity contribution in [2.45, 2.75) is 122 Å². The standard InChI is InChI=1S/C38H64O11/c1-35(2,3)21-26-17-24(23-39)18-28(37(7,8)9)33(44)48-15-16-49-34(45)29(38(10,11)12)20-25(30(40)41)19-27(22-36(4,5)6)32(43)47-14-13-46-31(26)42/h23-29H,13-22H2,1-12H3,(H,40,41). The highest BCUT2D eigenvalue weighted by Crippen LogP contribution is 2.38. The first-order chi connectivity index (χ1) is 22.2. The van der Waals surface area contributed by atoms with E-state index in [1.165, 1.54) is 0 Å². The minimum Gasteiger partial charge on any atom is -0.481 e. The molecule has 1 heterocycles. The maximum Gasteiger partial charge on any atom is 0.309 e. The SMILES string of the molecule is CC(C)(C)CC1CC(C=O)CC(C(C)(C)C)C(=O)OCCOC(=O)C(C(C)(C)C)CC(C(=O)O)CC(CC(C)(C)C)C(=O)OCCOC1=O. The Morgan fingerprint density at radius 3 is 1.27 bits per heavy atom. The summed E-state index contributed by atoms with van der Waals surface area (Å²) >= 11 is 0. The van der Waals surface area contributed by atoms with Crippen molar-refractivity contribution >= 4 is 36.1 Å². The molecule has 1 aliphatic rings. The molecule has 0 aromatic carbocycles. The van der Waals surface area contributed by atoms with Crippen LogP contribution in [0.1, 0.15) is 122 Å². The van der Waals surface area contributed by atoms with E-state index in [4.69, 9.17) is 18.9 Å². The quantitative estimate of drug-likeness (QED) is 0.190. The van der Waals surface area contributed by atoms with Crippen molar-refractivity contribution in [2.75, 3.05) is 26.4 Å². The number of carbonyl (C=O) groups excluding carboxylic acids is 5. The number of ether oxygens (including phenoxy) is 4. The third-order valence-corrected chi connectivity index (χ3v) is 8.94. The number of hydrogen-bond acceptors (Lipinski definition) is 10. The highest BCUT2D eigenvalue weighted by atomic mass is 16.6. The second kappa shape index (κ2) is 18.3. The van der Waals surface area contributed by atoms with Crippen molar-refractivity contribution in [3.8, 4) is 0 Å². The van der Waals surface area contributed by atoms with Crippen LogP contribution in [-0.4, -0.2) is 67.7 Å². The summed E-state index contributed by atoms with van der Waals surface area (Å²) in [6.07, 6.45) is 1.70. The van der Waals surface area contributed by atoms with E-state index in [-0.39, 0.29) is 62.9 Å². The number of aldehydes is 1. The van der Waals surface area contributed by atoms with Gasteiger partial charge in [-0.15, -0.1) is 0 Å². The zero-order valence-corrected chi connectivity index (χ0v) is 32.1. The molecular formula is C38H64O11. The van der Waals surface area contributed by atoms with E-state index < -0.39 is 76.2 Å². The van der Waals surface area contributed by atoms with Gasteiger partial charge in [0, 0.05) is 5.92 Å². The first-order valence-electron chi connectivity index (χ1n) is 17.6. The molecule has 0 saturated carbocycles. The fraction of sp³-hybridized carbons (Fsp3) is 0.842. The molecule has 49 heavy (non-hydrogen) atoms. The van der Waals surface area contributed by atoms with Crippen LogP contribution < -0.4 is 0 Å². The molecule has 1 fully saturated rings. The number of hydrogen-bond donors (Lipinski definition) is 1. The minimum atomic E-state index is -1.14. The number of carboxylic acid groups (broad SMARTS) is 1. The minimum absolute atomic E-state index is 0.0579. The number of esters is 4. The summed E-state index contributed by atoms with van der Waals surface area (Å²) in [5, 5.41) is 10.2. The van der Waals surface area contributed by atoms with Crippen LogP contribution in [0.2, 0.25) is 0 Å². The molecule has 0 spiro atoms.